The predicted molar refractivity (Wildman–Crippen MR) is 97.8 cm³/mol. The monoisotopic (exact) mass is 398 g/mol. The van der Waals surface area contributed by atoms with Crippen molar-refractivity contribution in [2.24, 2.45) is 0 Å². The van der Waals surface area contributed by atoms with Crippen molar-refractivity contribution in [1.82, 2.24) is 0 Å². The molecule has 22 heavy (non-hydrogen) atoms. The second-order valence-electron chi connectivity index (χ2n) is 4.62. The van der Waals surface area contributed by atoms with Gasteiger partial charge in [-0.15, -0.1) is 11.6 Å². The molecule has 0 aromatic heterocycles. The van der Waals surface area contributed by atoms with Crippen LogP contribution in [0, 0.1) is 0 Å². The largest absolute Gasteiger partial charge is 0.389 e. The zero-order chi connectivity index (χ0) is 16.9. The van der Waals surface area contributed by atoms with Gasteiger partial charge in [0.2, 0.25) is 0 Å². The summed E-state index contributed by atoms with van der Waals surface area (Å²) in [5.41, 5.74) is 1.62. The summed E-state index contributed by atoms with van der Waals surface area (Å²) in [6.07, 6.45) is -0.542. The Balaban J connectivity index is 0.000000220. The number of alkyl halides is 1. The van der Waals surface area contributed by atoms with Gasteiger partial charge in [0.05, 0.1) is 11.5 Å². The van der Waals surface area contributed by atoms with E-state index in [-0.39, 0.29) is 5.38 Å². The number of halogens is 5. The van der Waals surface area contributed by atoms with E-state index in [0.717, 1.165) is 5.56 Å². The van der Waals surface area contributed by atoms with E-state index < -0.39 is 6.10 Å². The Bertz CT molecular complexity index is 570. The number of hydrogen-bond donors (Lipinski definition) is 1. The van der Waals surface area contributed by atoms with Gasteiger partial charge in [-0.05, 0) is 49.2 Å². The average Bonchev–Trinajstić information content (AvgIpc) is 2.38. The third-order valence-electron chi connectivity index (χ3n) is 2.80. The van der Waals surface area contributed by atoms with Crippen LogP contribution in [0.4, 0.5) is 0 Å². The van der Waals surface area contributed by atoms with Gasteiger partial charge in [-0.3, -0.25) is 0 Å². The highest BCUT2D eigenvalue weighted by Gasteiger charge is 2.06. The van der Waals surface area contributed by atoms with Gasteiger partial charge in [-0.2, -0.15) is 0 Å². The second-order valence-corrected chi connectivity index (χ2v) is 6.97. The number of aliphatic hydroxyl groups excluding tert-OH is 1. The van der Waals surface area contributed by atoms with Crippen molar-refractivity contribution >= 4 is 58.0 Å². The minimum Gasteiger partial charge on any atom is -0.389 e. The van der Waals surface area contributed by atoms with Gasteiger partial charge in [0.25, 0.3) is 0 Å². The highest BCUT2D eigenvalue weighted by Crippen LogP contribution is 2.29. The third kappa shape index (κ3) is 6.16. The van der Waals surface area contributed by atoms with Crippen LogP contribution in [-0.2, 0) is 0 Å². The van der Waals surface area contributed by atoms with Crippen LogP contribution in [0.15, 0.2) is 36.4 Å². The first-order chi connectivity index (χ1) is 10.2. The van der Waals surface area contributed by atoms with Crippen LogP contribution in [0.25, 0.3) is 0 Å². The zero-order valence-corrected chi connectivity index (χ0v) is 15.7. The van der Waals surface area contributed by atoms with E-state index in [1.807, 2.05) is 13.0 Å². The number of rotatable bonds is 2. The Morgan fingerprint density at radius 2 is 1.18 bits per heavy atom. The molecule has 1 nitrogen and oxygen atoms in total. The summed E-state index contributed by atoms with van der Waals surface area (Å²) >= 11 is 28.8. The Labute approximate surface area is 155 Å². The van der Waals surface area contributed by atoms with Crippen molar-refractivity contribution in [3.63, 3.8) is 0 Å². The fraction of sp³-hybridized carbons (Fsp3) is 0.250. The van der Waals surface area contributed by atoms with Crippen molar-refractivity contribution in [1.29, 1.82) is 0 Å². The normalized spacial score (nSPS) is 13.1. The molecule has 0 aliphatic rings. The number of hydrogen-bond acceptors (Lipinski definition) is 1. The van der Waals surface area contributed by atoms with E-state index in [0.29, 0.717) is 25.7 Å². The third-order valence-corrected chi connectivity index (χ3v) is 4.16. The molecule has 6 heteroatoms. The van der Waals surface area contributed by atoms with Crippen molar-refractivity contribution in [2.45, 2.75) is 25.3 Å². The maximum atomic E-state index is 9.17. The molecule has 0 fully saturated rings. The lowest BCUT2D eigenvalue weighted by molar-refractivity contribution is 0.199. The Kier molecular flexibility index (Phi) is 8.34. The lowest BCUT2D eigenvalue weighted by Gasteiger charge is -2.06. The number of benzene rings is 2. The smallest absolute Gasteiger partial charge is 0.0776 e. The zero-order valence-electron chi connectivity index (χ0n) is 12.0. The summed E-state index contributed by atoms with van der Waals surface area (Å²) in [7, 11) is 0. The molecule has 0 heterocycles. The molecule has 0 saturated heterocycles. The van der Waals surface area contributed by atoms with E-state index >= 15 is 0 Å². The maximum absolute atomic E-state index is 9.17. The van der Waals surface area contributed by atoms with Gasteiger partial charge >= 0.3 is 0 Å². The lowest BCUT2D eigenvalue weighted by Crippen LogP contribution is -1.91. The molecule has 0 spiro atoms. The highest BCUT2D eigenvalue weighted by atomic mass is 35.5. The summed E-state index contributed by atoms with van der Waals surface area (Å²) in [6, 6.07) is 10.3. The van der Waals surface area contributed by atoms with Crippen LogP contribution in [0.5, 0.6) is 0 Å². The van der Waals surface area contributed by atoms with Crippen molar-refractivity contribution in [2.75, 3.05) is 0 Å². The molecule has 0 amide bonds. The molecule has 0 bridgehead atoms. The molecule has 2 atom stereocenters. The van der Waals surface area contributed by atoms with Gasteiger partial charge < -0.3 is 5.11 Å². The Morgan fingerprint density at radius 3 is 1.50 bits per heavy atom. The quantitative estimate of drug-likeness (QED) is 0.523. The van der Waals surface area contributed by atoms with Gasteiger partial charge in [0, 0.05) is 20.1 Å². The lowest BCUT2D eigenvalue weighted by atomic mass is 10.1. The standard InChI is InChI=1S/C8H7Cl3.C8H8Cl2O/c1-5(9)7-3-2-6(10)4-8(7)11;1-5(11)7-3-2-6(9)4-8(7)10/h2-5H,1H3;2-5,11H,1H3/t2*5-/m01/s1. The first-order valence-electron chi connectivity index (χ1n) is 6.44. The van der Waals surface area contributed by atoms with E-state index in [1.165, 1.54) is 0 Å². The summed E-state index contributed by atoms with van der Waals surface area (Å²) in [4.78, 5) is 0. The Morgan fingerprint density at radius 1 is 0.773 bits per heavy atom. The molecule has 0 aliphatic carbocycles. The first kappa shape index (κ1) is 19.9. The van der Waals surface area contributed by atoms with Crippen molar-refractivity contribution < 1.29 is 5.11 Å². The molecule has 0 saturated carbocycles. The molecule has 1 N–H and O–H groups in total. The van der Waals surface area contributed by atoms with Crippen LogP contribution >= 0.6 is 58.0 Å². The summed E-state index contributed by atoms with van der Waals surface area (Å²) in [5, 5.41) is 11.4. The molecule has 2 aromatic rings. The minimum atomic E-state index is -0.542. The molecule has 0 unspecified atom stereocenters. The highest BCUT2D eigenvalue weighted by molar-refractivity contribution is 6.36. The summed E-state index contributed by atoms with van der Waals surface area (Å²) in [6.45, 7) is 3.53. The minimum absolute atomic E-state index is 0.0697. The molecular weight excluding hydrogens is 385 g/mol. The van der Waals surface area contributed by atoms with Gasteiger partial charge in [0.1, 0.15) is 0 Å². The van der Waals surface area contributed by atoms with Crippen LogP contribution < -0.4 is 0 Å². The topological polar surface area (TPSA) is 20.2 Å². The van der Waals surface area contributed by atoms with Crippen molar-refractivity contribution in [3.8, 4) is 0 Å². The fourth-order valence-electron chi connectivity index (χ4n) is 1.66. The molecule has 0 aliphatic heterocycles. The molecule has 2 aromatic carbocycles. The van der Waals surface area contributed by atoms with Crippen LogP contribution in [-0.4, -0.2) is 5.11 Å². The van der Waals surface area contributed by atoms with Crippen LogP contribution in [0.1, 0.15) is 36.5 Å². The predicted octanol–water partition coefficient (Wildman–Crippen LogP) is 7.34. The molecule has 0 radical (unpaired) electrons. The summed E-state index contributed by atoms with van der Waals surface area (Å²) in [5.74, 6) is 0. The molecular formula is C16H15Cl5O. The van der Waals surface area contributed by atoms with E-state index in [2.05, 4.69) is 0 Å². The van der Waals surface area contributed by atoms with Gasteiger partial charge in [-0.1, -0.05) is 58.5 Å². The average molecular weight is 401 g/mol. The Hall–Kier alpha value is -0.150. The summed E-state index contributed by atoms with van der Waals surface area (Å²) < 4.78 is 0. The SMILES string of the molecule is C[C@@H](O)c1ccc(Cl)cc1Cl.C[C@H](Cl)c1ccc(Cl)cc1Cl. The number of aliphatic hydroxyl groups is 1. The van der Waals surface area contributed by atoms with E-state index in [1.54, 1.807) is 37.3 Å². The second kappa shape index (κ2) is 9.22. The van der Waals surface area contributed by atoms with Crippen LogP contribution in [0.3, 0.4) is 0 Å². The van der Waals surface area contributed by atoms with Gasteiger partial charge in [-0.25, -0.2) is 0 Å². The first-order valence-corrected chi connectivity index (χ1v) is 8.39. The molecule has 120 valence electrons. The molecule has 2 rings (SSSR count). The van der Waals surface area contributed by atoms with Crippen molar-refractivity contribution in [3.05, 3.63) is 67.6 Å². The van der Waals surface area contributed by atoms with E-state index in [4.69, 9.17) is 63.1 Å². The fourth-order valence-corrected chi connectivity index (χ4v) is 3.05. The maximum Gasteiger partial charge on any atom is 0.0776 e. The van der Waals surface area contributed by atoms with E-state index in [9.17, 15) is 0 Å². The van der Waals surface area contributed by atoms with Crippen LogP contribution in [0.2, 0.25) is 20.1 Å². The van der Waals surface area contributed by atoms with Gasteiger partial charge in [0.15, 0.2) is 0 Å².